The summed E-state index contributed by atoms with van der Waals surface area (Å²) in [4.78, 5) is 23.5. The first-order valence-corrected chi connectivity index (χ1v) is 9.02. The summed E-state index contributed by atoms with van der Waals surface area (Å²) >= 11 is 1.13. The number of aromatic carboxylic acids is 1. The van der Waals surface area contributed by atoms with Crippen LogP contribution in [-0.2, 0) is 0 Å². The third-order valence-corrected chi connectivity index (χ3v) is 5.33. The molecule has 132 valence electrons. The second kappa shape index (κ2) is 6.10. The minimum atomic E-state index is -0.973. The topological polar surface area (TPSA) is 79.5 Å². The molecule has 0 radical (unpaired) electrons. The first kappa shape index (κ1) is 16.5. The van der Waals surface area contributed by atoms with Gasteiger partial charge in [-0.25, -0.2) is 14.8 Å². The summed E-state index contributed by atoms with van der Waals surface area (Å²) in [7, 11) is 1.94. The van der Waals surface area contributed by atoms with E-state index in [9.17, 15) is 9.90 Å². The van der Waals surface area contributed by atoms with Gasteiger partial charge in [0, 0.05) is 18.5 Å². The van der Waals surface area contributed by atoms with Crippen molar-refractivity contribution in [3.63, 3.8) is 0 Å². The summed E-state index contributed by atoms with van der Waals surface area (Å²) in [6, 6.07) is 11.5. The molecule has 0 saturated heterocycles. The molecule has 4 aromatic rings. The summed E-state index contributed by atoms with van der Waals surface area (Å²) in [6.45, 7) is 4.12. The van der Waals surface area contributed by atoms with Crippen LogP contribution in [0.2, 0.25) is 0 Å². The monoisotopic (exact) mass is 367 g/mol. The molecule has 0 bridgehead atoms. The number of nitrogens with zero attached hydrogens (tertiary/aromatic N) is 3. The quantitative estimate of drug-likeness (QED) is 0.566. The zero-order valence-electron chi connectivity index (χ0n) is 14.6. The number of carboxylic acid groups (broad SMARTS) is 1. The van der Waals surface area contributed by atoms with Crippen LogP contribution in [0.4, 0.5) is 5.82 Å². The highest BCUT2D eigenvalue weighted by molar-refractivity contribution is 7.20. The first-order chi connectivity index (χ1) is 12.4. The zero-order valence-corrected chi connectivity index (χ0v) is 15.4. The third kappa shape index (κ3) is 2.70. The average Bonchev–Trinajstić information content (AvgIpc) is 3.23. The number of carboxylic acids is 1. The number of benzene rings is 1. The van der Waals surface area contributed by atoms with E-state index in [1.807, 2.05) is 42.3 Å². The highest BCUT2D eigenvalue weighted by Gasteiger charge is 2.21. The Hall–Kier alpha value is -2.93. The lowest BCUT2D eigenvalue weighted by Gasteiger charge is -2.23. The summed E-state index contributed by atoms with van der Waals surface area (Å²) in [6.07, 6.45) is 0. The summed E-state index contributed by atoms with van der Waals surface area (Å²) < 4.78 is 5.99. The molecule has 1 N–H and O–H groups in total. The SMILES string of the molecule is CC(C)N(C)c1nc2sc(C(=O)O)cc2nc1-c1cc2ccccc2o1. The average molecular weight is 367 g/mol. The number of hydrogen-bond acceptors (Lipinski definition) is 6. The highest BCUT2D eigenvalue weighted by atomic mass is 32.1. The van der Waals surface area contributed by atoms with Gasteiger partial charge in [0.15, 0.2) is 11.6 Å². The number of hydrogen-bond donors (Lipinski definition) is 1. The summed E-state index contributed by atoms with van der Waals surface area (Å²) in [5.41, 5.74) is 1.95. The Morgan fingerprint density at radius 3 is 2.69 bits per heavy atom. The number of carbonyl (C=O) groups is 1. The molecule has 0 fully saturated rings. The van der Waals surface area contributed by atoms with E-state index in [-0.39, 0.29) is 10.9 Å². The Morgan fingerprint density at radius 1 is 1.23 bits per heavy atom. The van der Waals surface area contributed by atoms with E-state index in [0.29, 0.717) is 27.6 Å². The Morgan fingerprint density at radius 2 is 2.00 bits per heavy atom. The molecule has 4 rings (SSSR count). The van der Waals surface area contributed by atoms with Crippen LogP contribution >= 0.6 is 11.3 Å². The largest absolute Gasteiger partial charge is 0.477 e. The lowest BCUT2D eigenvalue weighted by Crippen LogP contribution is -2.27. The predicted octanol–water partition coefficient (Wildman–Crippen LogP) is 4.65. The van der Waals surface area contributed by atoms with Crippen LogP contribution in [0.1, 0.15) is 23.5 Å². The molecule has 0 aliphatic heterocycles. The third-order valence-electron chi connectivity index (χ3n) is 4.32. The van der Waals surface area contributed by atoms with Crippen LogP contribution in [0.5, 0.6) is 0 Å². The van der Waals surface area contributed by atoms with E-state index in [2.05, 4.69) is 13.8 Å². The van der Waals surface area contributed by atoms with Gasteiger partial charge >= 0.3 is 5.97 Å². The van der Waals surface area contributed by atoms with Crippen molar-refractivity contribution in [2.45, 2.75) is 19.9 Å². The minimum absolute atomic E-state index is 0.198. The Kier molecular flexibility index (Phi) is 3.88. The van der Waals surface area contributed by atoms with Crippen molar-refractivity contribution in [2.75, 3.05) is 11.9 Å². The van der Waals surface area contributed by atoms with Crippen molar-refractivity contribution >= 4 is 44.4 Å². The van der Waals surface area contributed by atoms with Crippen LogP contribution in [-0.4, -0.2) is 34.1 Å². The first-order valence-electron chi connectivity index (χ1n) is 8.20. The van der Waals surface area contributed by atoms with Crippen LogP contribution in [0.15, 0.2) is 40.8 Å². The zero-order chi connectivity index (χ0) is 18.4. The van der Waals surface area contributed by atoms with Crippen molar-refractivity contribution in [2.24, 2.45) is 0 Å². The smallest absolute Gasteiger partial charge is 0.346 e. The van der Waals surface area contributed by atoms with Crippen LogP contribution in [0.25, 0.3) is 32.8 Å². The molecule has 0 spiro atoms. The molecule has 6 nitrogen and oxygen atoms in total. The number of rotatable bonds is 4. The molecule has 0 aliphatic carbocycles. The van der Waals surface area contributed by atoms with Gasteiger partial charge < -0.3 is 14.4 Å². The fourth-order valence-electron chi connectivity index (χ4n) is 2.71. The standard InChI is InChI=1S/C19H17N3O3S/c1-10(2)22(3)17-16(14-8-11-6-4-5-7-13(11)25-14)20-12-9-15(19(23)24)26-18(12)21-17/h4-10H,1-3H3,(H,23,24). The Labute approximate surface area is 153 Å². The lowest BCUT2D eigenvalue weighted by molar-refractivity contribution is 0.0702. The molecule has 0 saturated carbocycles. The van der Waals surface area contributed by atoms with Gasteiger partial charge in [0.1, 0.15) is 26.5 Å². The molecular formula is C19H17N3O3S. The second-order valence-electron chi connectivity index (χ2n) is 6.36. The Bertz CT molecular complexity index is 1100. The number of para-hydroxylation sites is 1. The maximum Gasteiger partial charge on any atom is 0.346 e. The second-order valence-corrected chi connectivity index (χ2v) is 7.39. The van der Waals surface area contributed by atoms with Crippen molar-refractivity contribution in [1.29, 1.82) is 0 Å². The molecule has 7 heteroatoms. The minimum Gasteiger partial charge on any atom is -0.477 e. The van der Waals surface area contributed by atoms with E-state index in [1.54, 1.807) is 6.07 Å². The molecule has 26 heavy (non-hydrogen) atoms. The van der Waals surface area contributed by atoms with Crippen LogP contribution in [0, 0.1) is 0 Å². The van der Waals surface area contributed by atoms with Gasteiger partial charge in [0.2, 0.25) is 0 Å². The Balaban J connectivity index is 1.97. The van der Waals surface area contributed by atoms with Gasteiger partial charge in [-0.1, -0.05) is 18.2 Å². The number of fused-ring (bicyclic) bond motifs is 2. The summed E-state index contributed by atoms with van der Waals surface area (Å²) in [5, 5.41) is 10.2. The molecule has 3 heterocycles. The number of anilines is 1. The summed E-state index contributed by atoms with van der Waals surface area (Å²) in [5.74, 6) is 0.315. The lowest BCUT2D eigenvalue weighted by atomic mass is 10.2. The number of furan rings is 1. The molecular weight excluding hydrogens is 350 g/mol. The van der Waals surface area contributed by atoms with Crippen molar-refractivity contribution in [3.8, 4) is 11.5 Å². The van der Waals surface area contributed by atoms with Gasteiger partial charge in [-0.2, -0.15) is 0 Å². The van der Waals surface area contributed by atoms with Crippen molar-refractivity contribution in [3.05, 3.63) is 41.3 Å². The van der Waals surface area contributed by atoms with Crippen LogP contribution in [0.3, 0.4) is 0 Å². The molecule has 0 unspecified atom stereocenters. The van der Waals surface area contributed by atoms with E-state index < -0.39 is 5.97 Å². The fourth-order valence-corrected chi connectivity index (χ4v) is 3.52. The predicted molar refractivity (Wildman–Crippen MR) is 103 cm³/mol. The van der Waals surface area contributed by atoms with Gasteiger partial charge in [-0.05, 0) is 32.0 Å². The molecule has 1 aromatic carbocycles. The van der Waals surface area contributed by atoms with Crippen LogP contribution < -0.4 is 4.90 Å². The van der Waals surface area contributed by atoms with Gasteiger partial charge in [-0.3, -0.25) is 0 Å². The van der Waals surface area contributed by atoms with E-state index in [0.717, 1.165) is 22.3 Å². The van der Waals surface area contributed by atoms with E-state index >= 15 is 0 Å². The van der Waals surface area contributed by atoms with Crippen molar-refractivity contribution in [1.82, 2.24) is 9.97 Å². The van der Waals surface area contributed by atoms with E-state index in [1.165, 1.54) is 0 Å². The highest BCUT2D eigenvalue weighted by Crippen LogP contribution is 2.35. The van der Waals surface area contributed by atoms with Crippen molar-refractivity contribution < 1.29 is 14.3 Å². The van der Waals surface area contributed by atoms with E-state index in [4.69, 9.17) is 14.4 Å². The number of aromatic nitrogens is 2. The fraction of sp³-hybridized carbons (Fsp3) is 0.211. The maximum absolute atomic E-state index is 11.3. The maximum atomic E-state index is 11.3. The molecule has 0 aliphatic rings. The van der Waals surface area contributed by atoms with Gasteiger partial charge in [0.05, 0.1) is 0 Å². The van der Waals surface area contributed by atoms with Gasteiger partial charge in [-0.15, -0.1) is 11.3 Å². The normalized spacial score (nSPS) is 11.5. The molecule has 3 aromatic heterocycles. The number of thiophene rings is 1. The molecule has 0 atom stereocenters. The molecule has 0 amide bonds. The van der Waals surface area contributed by atoms with Gasteiger partial charge in [0.25, 0.3) is 0 Å².